The van der Waals surface area contributed by atoms with Gasteiger partial charge in [0.25, 0.3) is 0 Å². The summed E-state index contributed by atoms with van der Waals surface area (Å²) in [5, 5.41) is 27.7. The van der Waals surface area contributed by atoms with Gasteiger partial charge in [-0.2, -0.15) is 15.3 Å². The Morgan fingerprint density at radius 2 is 2.17 bits per heavy atom. The van der Waals surface area contributed by atoms with Gasteiger partial charge in [-0.25, -0.2) is 14.8 Å². The molecule has 1 atom stereocenters. The maximum Gasteiger partial charge on any atom is 0.413 e. The molecule has 4 aromatic rings. The van der Waals surface area contributed by atoms with Gasteiger partial charge in [0.05, 0.1) is 37.7 Å². The van der Waals surface area contributed by atoms with Crippen molar-refractivity contribution in [1.82, 2.24) is 29.3 Å². The standard InChI is InChI=1S/C26H27N9O5/c1-26(2)19-11-20(32-34(19)7-9-39-26)30-24-31-23-22(33(24)3)17(12-27)18(13-29-23)40-16-4-6-28-21(10-16)35(25(36)37)15-5-8-38-14-15/h4,6,10-11,13,15H,5,7-9,14H2,1-3H3,(H,36,37)(H,29,30,31,32)/t15-/m0/s1. The Balaban J connectivity index is 1.30. The topological polar surface area (TPSA) is 165 Å². The summed E-state index contributed by atoms with van der Waals surface area (Å²) in [5.41, 5.74) is 1.54. The lowest BCUT2D eigenvalue weighted by Crippen LogP contribution is -2.40. The SMILES string of the molecule is Cn1c(Nc2cc3n(n2)CCOC3(C)C)nc2ncc(Oc3ccnc(N(C(=O)O)[C@H]4CCOC4)c3)c(C#N)c21. The number of carbonyl (C=O) groups is 1. The number of anilines is 3. The number of fused-ring (bicyclic) bond motifs is 2. The maximum atomic E-state index is 12.0. The van der Waals surface area contributed by atoms with Crippen molar-refractivity contribution in [2.75, 3.05) is 30.0 Å². The molecular formula is C26H27N9O5. The highest BCUT2D eigenvalue weighted by molar-refractivity contribution is 5.86. The van der Waals surface area contributed by atoms with Gasteiger partial charge < -0.3 is 29.2 Å². The lowest BCUT2D eigenvalue weighted by atomic mass is 10.0. The number of rotatable bonds is 6. The summed E-state index contributed by atoms with van der Waals surface area (Å²) >= 11 is 0. The monoisotopic (exact) mass is 545 g/mol. The zero-order valence-corrected chi connectivity index (χ0v) is 22.2. The summed E-state index contributed by atoms with van der Waals surface area (Å²) in [4.78, 5) is 26.3. The Kier molecular flexibility index (Phi) is 6.24. The molecule has 6 rings (SSSR count). The van der Waals surface area contributed by atoms with Crippen LogP contribution in [0, 0.1) is 11.3 Å². The number of ether oxygens (including phenoxy) is 3. The van der Waals surface area contributed by atoms with Crippen LogP contribution in [0.1, 0.15) is 31.5 Å². The fourth-order valence-corrected chi connectivity index (χ4v) is 5.05. The van der Waals surface area contributed by atoms with E-state index in [4.69, 9.17) is 14.2 Å². The Hall–Kier alpha value is -4.74. The molecule has 14 heteroatoms. The first-order valence-corrected chi connectivity index (χ1v) is 12.7. The second-order valence-corrected chi connectivity index (χ2v) is 10.0. The fraction of sp³-hybridized carbons (Fsp3) is 0.385. The van der Waals surface area contributed by atoms with Crippen molar-refractivity contribution >= 4 is 34.8 Å². The lowest BCUT2D eigenvalue weighted by molar-refractivity contribution is -0.0532. The molecule has 4 aromatic heterocycles. The van der Waals surface area contributed by atoms with Crippen LogP contribution in [0.3, 0.4) is 0 Å². The second kappa shape index (κ2) is 9.78. The first kappa shape index (κ1) is 25.5. The van der Waals surface area contributed by atoms with Crippen molar-refractivity contribution in [3.8, 4) is 17.6 Å². The van der Waals surface area contributed by atoms with Crippen LogP contribution in [-0.4, -0.2) is 66.4 Å². The predicted octanol–water partition coefficient (Wildman–Crippen LogP) is 3.51. The van der Waals surface area contributed by atoms with Crippen molar-refractivity contribution in [2.45, 2.75) is 38.5 Å². The van der Waals surface area contributed by atoms with Crippen molar-refractivity contribution in [3.63, 3.8) is 0 Å². The predicted molar refractivity (Wildman–Crippen MR) is 142 cm³/mol. The van der Waals surface area contributed by atoms with Gasteiger partial charge in [-0.05, 0) is 26.3 Å². The third kappa shape index (κ3) is 4.44. The Morgan fingerprint density at radius 3 is 2.90 bits per heavy atom. The van der Waals surface area contributed by atoms with Gasteiger partial charge in [0.1, 0.15) is 34.3 Å². The number of nitriles is 1. The molecule has 0 aliphatic carbocycles. The van der Waals surface area contributed by atoms with E-state index >= 15 is 0 Å². The van der Waals surface area contributed by atoms with Crippen LogP contribution in [0.15, 0.2) is 30.6 Å². The van der Waals surface area contributed by atoms with E-state index in [1.807, 2.05) is 24.6 Å². The molecule has 1 fully saturated rings. The lowest BCUT2D eigenvalue weighted by Gasteiger charge is -2.30. The van der Waals surface area contributed by atoms with E-state index in [2.05, 4.69) is 31.4 Å². The zero-order chi connectivity index (χ0) is 28.0. The summed E-state index contributed by atoms with van der Waals surface area (Å²) in [6.45, 7) is 6.00. The normalized spacial score (nSPS) is 17.8. The molecular weight excluding hydrogens is 518 g/mol. The molecule has 6 heterocycles. The number of carboxylic acid groups (broad SMARTS) is 1. The average Bonchev–Trinajstić information content (AvgIpc) is 3.65. The molecule has 0 unspecified atom stereocenters. The van der Waals surface area contributed by atoms with Crippen LogP contribution >= 0.6 is 0 Å². The van der Waals surface area contributed by atoms with Crippen LogP contribution in [0.4, 0.5) is 22.4 Å². The second-order valence-electron chi connectivity index (χ2n) is 10.0. The van der Waals surface area contributed by atoms with Gasteiger partial charge in [-0.3, -0.25) is 9.58 Å². The minimum atomic E-state index is -1.13. The molecule has 0 radical (unpaired) electrons. The van der Waals surface area contributed by atoms with E-state index in [1.54, 1.807) is 17.7 Å². The van der Waals surface area contributed by atoms with Crippen molar-refractivity contribution in [2.24, 2.45) is 7.05 Å². The molecule has 1 amide bonds. The minimum Gasteiger partial charge on any atom is -0.465 e. The van der Waals surface area contributed by atoms with E-state index in [0.717, 1.165) is 5.69 Å². The van der Waals surface area contributed by atoms with Crippen LogP contribution in [-0.2, 0) is 28.7 Å². The Bertz CT molecular complexity index is 1650. The van der Waals surface area contributed by atoms with Crippen LogP contribution in [0.5, 0.6) is 11.5 Å². The molecule has 206 valence electrons. The summed E-state index contributed by atoms with van der Waals surface area (Å²) in [5.74, 6) is 1.76. The molecule has 0 bridgehead atoms. The quantitative estimate of drug-likeness (QED) is 0.364. The highest BCUT2D eigenvalue weighted by atomic mass is 16.5. The third-order valence-corrected chi connectivity index (χ3v) is 7.05. The first-order valence-electron chi connectivity index (χ1n) is 12.7. The number of hydrogen-bond donors (Lipinski definition) is 2. The molecule has 2 N–H and O–H groups in total. The van der Waals surface area contributed by atoms with Gasteiger partial charge >= 0.3 is 6.09 Å². The van der Waals surface area contributed by atoms with Crippen molar-refractivity contribution < 1.29 is 24.1 Å². The van der Waals surface area contributed by atoms with Gasteiger partial charge in [0.15, 0.2) is 17.2 Å². The highest BCUT2D eigenvalue weighted by Crippen LogP contribution is 2.34. The van der Waals surface area contributed by atoms with Crippen LogP contribution in [0.2, 0.25) is 0 Å². The highest BCUT2D eigenvalue weighted by Gasteiger charge is 2.31. The molecule has 2 aliphatic rings. The molecule has 40 heavy (non-hydrogen) atoms. The van der Waals surface area contributed by atoms with Gasteiger partial charge in [0.2, 0.25) is 5.95 Å². The zero-order valence-electron chi connectivity index (χ0n) is 22.2. The largest absolute Gasteiger partial charge is 0.465 e. The van der Waals surface area contributed by atoms with E-state index in [-0.39, 0.29) is 23.2 Å². The van der Waals surface area contributed by atoms with Gasteiger partial charge in [0, 0.05) is 32.0 Å². The van der Waals surface area contributed by atoms with Crippen LogP contribution in [0.25, 0.3) is 11.2 Å². The minimum absolute atomic E-state index is 0.198. The number of hydrogen-bond acceptors (Lipinski definition) is 10. The molecule has 0 spiro atoms. The number of aromatic nitrogens is 6. The van der Waals surface area contributed by atoms with Crippen molar-refractivity contribution in [1.29, 1.82) is 5.26 Å². The molecule has 14 nitrogen and oxygen atoms in total. The summed E-state index contributed by atoms with van der Waals surface area (Å²) < 4.78 is 20.9. The number of imidazole rings is 1. The fourth-order valence-electron chi connectivity index (χ4n) is 5.05. The van der Waals surface area contributed by atoms with Gasteiger partial charge in [-0.1, -0.05) is 0 Å². The molecule has 1 saturated heterocycles. The number of nitrogens with zero attached hydrogens (tertiary/aromatic N) is 8. The van der Waals surface area contributed by atoms with E-state index in [0.29, 0.717) is 61.5 Å². The van der Waals surface area contributed by atoms with Gasteiger partial charge in [-0.15, -0.1) is 0 Å². The molecule has 2 aliphatic heterocycles. The molecule has 0 saturated carbocycles. The van der Waals surface area contributed by atoms with E-state index < -0.39 is 11.7 Å². The number of pyridine rings is 2. The summed E-state index contributed by atoms with van der Waals surface area (Å²) in [6.07, 6.45) is 2.32. The summed E-state index contributed by atoms with van der Waals surface area (Å²) in [7, 11) is 1.77. The Labute approximate surface area is 228 Å². The Morgan fingerprint density at radius 1 is 1.32 bits per heavy atom. The number of amides is 1. The number of aryl methyl sites for hydroxylation is 1. The third-order valence-electron chi connectivity index (χ3n) is 7.05. The maximum absolute atomic E-state index is 12.0. The van der Waals surface area contributed by atoms with E-state index in [1.165, 1.54) is 23.4 Å². The van der Waals surface area contributed by atoms with E-state index in [9.17, 15) is 15.2 Å². The van der Waals surface area contributed by atoms with Crippen LogP contribution < -0.4 is 15.0 Å². The smallest absolute Gasteiger partial charge is 0.413 e. The first-order chi connectivity index (χ1) is 19.2. The van der Waals surface area contributed by atoms with Crippen molar-refractivity contribution in [3.05, 3.63) is 41.9 Å². The summed E-state index contributed by atoms with van der Waals surface area (Å²) in [6, 6.07) is 6.88. The average molecular weight is 546 g/mol. The molecule has 0 aromatic carbocycles. The number of nitrogens with one attached hydrogen (secondary N) is 1.